The van der Waals surface area contributed by atoms with Crippen LogP contribution in [0.25, 0.3) is 0 Å². The van der Waals surface area contributed by atoms with Crippen LogP contribution in [0.3, 0.4) is 0 Å². The minimum Gasteiger partial charge on any atom is -0.470 e. The highest BCUT2D eigenvalue weighted by Gasteiger charge is 2.05. The highest BCUT2D eigenvalue weighted by atomic mass is 32.1. The maximum atomic E-state index is 8.75. The van der Waals surface area contributed by atoms with Gasteiger partial charge in [-0.2, -0.15) is 5.26 Å². The van der Waals surface area contributed by atoms with E-state index in [2.05, 4.69) is 9.97 Å². The van der Waals surface area contributed by atoms with Gasteiger partial charge in [-0.25, -0.2) is 9.97 Å². The van der Waals surface area contributed by atoms with Crippen molar-refractivity contribution in [2.75, 3.05) is 0 Å². The molecule has 0 aliphatic heterocycles. The van der Waals surface area contributed by atoms with E-state index in [1.807, 2.05) is 23.6 Å². The molecule has 0 fully saturated rings. The first kappa shape index (κ1) is 9.62. The molecule has 0 radical (unpaired) electrons. The van der Waals surface area contributed by atoms with Crippen molar-refractivity contribution in [2.24, 2.45) is 0 Å². The lowest BCUT2D eigenvalue weighted by Gasteiger charge is -2.03. The van der Waals surface area contributed by atoms with E-state index in [1.54, 1.807) is 11.3 Å². The van der Waals surface area contributed by atoms with E-state index >= 15 is 0 Å². The Morgan fingerprint density at radius 2 is 2.27 bits per heavy atom. The van der Waals surface area contributed by atoms with Crippen molar-refractivity contribution in [1.29, 1.82) is 5.26 Å². The Kier molecular flexibility index (Phi) is 2.90. The molecule has 0 aliphatic rings. The smallest absolute Gasteiger partial charge is 0.251 e. The van der Waals surface area contributed by atoms with Gasteiger partial charge in [0.2, 0.25) is 5.69 Å². The fourth-order valence-corrected chi connectivity index (χ4v) is 1.66. The molecule has 2 heterocycles. The molecular weight excluding hydrogens is 210 g/mol. The van der Waals surface area contributed by atoms with Gasteiger partial charge in [0.15, 0.2) is 0 Å². The molecule has 2 rings (SSSR count). The number of thiophene rings is 1. The lowest BCUT2D eigenvalue weighted by atomic mass is 10.4. The fraction of sp³-hybridized carbons (Fsp3) is 0.100. The van der Waals surface area contributed by atoms with E-state index in [-0.39, 0.29) is 11.6 Å². The molecule has 74 valence electrons. The zero-order chi connectivity index (χ0) is 10.5. The molecule has 15 heavy (non-hydrogen) atoms. The van der Waals surface area contributed by atoms with Gasteiger partial charge in [-0.3, -0.25) is 0 Å². The van der Waals surface area contributed by atoms with Gasteiger partial charge in [-0.05, 0) is 11.4 Å². The van der Waals surface area contributed by atoms with Crippen molar-refractivity contribution in [1.82, 2.24) is 9.97 Å². The van der Waals surface area contributed by atoms with Crippen LogP contribution < -0.4 is 4.74 Å². The molecule has 0 unspecified atom stereocenters. The minimum atomic E-state index is 0.217. The summed E-state index contributed by atoms with van der Waals surface area (Å²) < 4.78 is 5.39. The van der Waals surface area contributed by atoms with Crippen LogP contribution in [0.2, 0.25) is 0 Å². The predicted molar refractivity (Wildman–Crippen MR) is 55.4 cm³/mol. The van der Waals surface area contributed by atoms with Crippen molar-refractivity contribution in [2.45, 2.75) is 6.61 Å². The average Bonchev–Trinajstić information content (AvgIpc) is 2.79. The largest absolute Gasteiger partial charge is 0.470 e. The summed E-state index contributed by atoms with van der Waals surface area (Å²) in [5.74, 6) is 0.286. The van der Waals surface area contributed by atoms with Crippen molar-refractivity contribution in [3.63, 3.8) is 0 Å². The molecule has 5 heteroatoms. The third kappa shape index (κ3) is 2.30. The van der Waals surface area contributed by atoms with Gasteiger partial charge in [0.1, 0.15) is 12.7 Å². The van der Waals surface area contributed by atoms with E-state index < -0.39 is 0 Å². The summed E-state index contributed by atoms with van der Waals surface area (Å²) in [6.45, 7) is 0.422. The van der Waals surface area contributed by atoms with E-state index in [0.29, 0.717) is 6.61 Å². The van der Waals surface area contributed by atoms with Crippen LogP contribution in [0, 0.1) is 11.3 Å². The van der Waals surface area contributed by atoms with E-state index in [4.69, 9.17) is 10.00 Å². The van der Waals surface area contributed by atoms with Gasteiger partial charge in [-0.1, -0.05) is 6.07 Å². The monoisotopic (exact) mass is 217 g/mol. The normalized spacial score (nSPS) is 9.53. The second kappa shape index (κ2) is 4.53. The zero-order valence-corrected chi connectivity index (χ0v) is 8.57. The zero-order valence-electron chi connectivity index (χ0n) is 7.75. The number of rotatable bonds is 3. The van der Waals surface area contributed by atoms with Gasteiger partial charge in [-0.15, -0.1) is 11.3 Å². The molecule has 0 saturated heterocycles. The molecule has 0 amide bonds. The third-order valence-electron chi connectivity index (χ3n) is 1.70. The standard InChI is InChI=1S/C10H7N3OS/c11-6-9-10(13-4-3-12-9)14-7-8-2-1-5-15-8/h1-5H,7H2. The topological polar surface area (TPSA) is 58.8 Å². The molecule has 2 aromatic heterocycles. The Morgan fingerprint density at radius 3 is 3.00 bits per heavy atom. The molecular formula is C10H7N3OS. The Morgan fingerprint density at radius 1 is 1.40 bits per heavy atom. The summed E-state index contributed by atoms with van der Waals surface area (Å²) in [7, 11) is 0. The second-order valence-corrected chi connectivity index (χ2v) is 3.72. The minimum absolute atomic E-state index is 0.217. The Labute approximate surface area is 90.8 Å². The molecule has 0 aliphatic carbocycles. The average molecular weight is 217 g/mol. The van der Waals surface area contributed by atoms with Crippen molar-refractivity contribution in [3.05, 3.63) is 40.5 Å². The third-order valence-corrected chi connectivity index (χ3v) is 2.55. The van der Waals surface area contributed by atoms with Crippen molar-refractivity contribution < 1.29 is 4.74 Å². The maximum Gasteiger partial charge on any atom is 0.251 e. The number of aromatic nitrogens is 2. The summed E-state index contributed by atoms with van der Waals surface area (Å²) in [4.78, 5) is 8.89. The SMILES string of the molecule is N#Cc1nccnc1OCc1cccs1. The predicted octanol–water partition coefficient (Wildman–Crippen LogP) is 1.99. The molecule has 0 spiro atoms. The van der Waals surface area contributed by atoms with Crippen LogP contribution in [0.5, 0.6) is 5.88 Å². The van der Waals surface area contributed by atoms with E-state index in [1.165, 1.54) is 12.4 Å². The summed E-state index contributed by atoms with van der Waals surface area (Å²) in [5, 5.41) is 10.7. The Bertz CT molecular complexity index is 476. The highest BCUT2D eigenvalue weighted by Crippen LogP contribution is 2.14. The lowest BCUT2D eigenvalue weighted by molar-refractivity contribution is 0.294. The molecule has 0 bridgehead atoms. The van der Waals surface area contributed by atoms with E-state index in [0.717, 1.165) is 4.88 Å². The fourth-order valence-electron chi connectivity index (χ4n) is 1.04. The Hall–Kier alpha value is -1.93. The molecule has 0 saturated carbocycles. The van der Waals surface area contributed by atoms with Gasteiger partial charge in [0, 0.05) is 17.3 Å². The number of nitriles is 1. The quantitative estimate of drug-likeness (QED) is 0.788. The number of ether oxygens (including phenoxy) is 1. The number of hydrogen-bond donors (Lipinski definition) is 0. The number of nitrogens with zero attached hydrogens (tertiary/aromatic N) is 3. The van der Waals surface area contributed by atoms with Gasteiger partial charge >= 0.3 is 0 Å². The first-order chi connectivity index (χ1) is 7.40. The molecule has 2 aromatic rings. The molecule has 0 atom stereocenters. The maximum absolute atomic E-state index is 8.75. The van der Waals surface area contributed by atoms with Crippen LogP contribution in [-0.2, 0) is 6.61 Å². The van der Waals surface area contributed by atoms with Crippen LogP contribution in [0.4, 0.5) is 0 Å². The van der Waals surface area contributed by atoms with Crippen LogP contribution >= 0.6 is 11.3 Å². The first-order valence-electron chi connectivity index (χ1n) is 4.26. The van der Waals surface area contributed by atoms with Crippen molar-refractivity contribution in [3.8, 4) is 11.9 Å². The molecule has 4 nitrogen and oxygen atoms in total. The van der Waals surface area contributed by atoms with Crippen LogP contribution in [0.1, 0.15) is 10.6 Å². The van der Waals surface area contributed by atoms with E-state index in [9.17, 15) is 0 Å². The summed E-state index contributed by atoms with van der Waals surface area (Å²) in [6, 6.07) is 5.85. The first-order valence-corrected chi connectivity index (χ1v) is 5.14. The van der Waals surface area contributed by atoms with Crippen LogP contribution in [-0.4, -0.2) is 9.97 Å². The van der Waals surface area contributed by atoms with Gasteiger partial charge in [0.05, 0.1) is 0 Å². The van der Waals surface area contributed by atoms with Crippen molar-refractivity contribution >= 4 is 11.3 Å². The van der Waals surface area contributed by atoms with Gasteiger partial charge in [0.25, 0.3) is 5.88 Å². The Balaban J connectivity index is 2.08. The van der Waals surface area contributed by atoms with Crippen LogP contribution in [0.15, 0.2) is 29.9 Å². The molecule has 0 aromatic carbocycles. The summed E-state index contributed by atoms with van der Waals surface area (Å²) in [5.41, 5.74) is 0.217. The second-order valence-electron chi connectivity index (χ2n) is 2.69. The lowest BCUT2D eigenvalue weighted by Crippen LogP contribution is -1.98. The summed E-state index contributed by atoms with van der Waals surface area (Å²) in [6.07, 6.45) is 2.97. The summed E-state index contributed by atoms with van der Waals surface area (Å²) >= 11 is 1.60. The highest BCUT2D eigenvalue weighted by molar-refractivity contribution is 7.09. The van der Waals surface area contributed by atoms with Gasteiger partial charge < -0.3 is 4.74 Å². The molecule has 0 N–H and O–H groups in total. The number of hydrogen-bond acceptors (Lipinski definition) is 5.